The van der Waals surface area contributed by atoms with Crippen molar-refractivity contribution in [2.75, 3.05) is 30.9 Å². The molecule has 1 N–H and O–H groups in total. The third-order valence-corrected chi connectivity index (χ3v) is 3.81. The highest BCUT2D eigenvalue weighted by Gasteiger charge is 2.12. The molecular formula is C19H23N3O3. The number of carbonyl (C=O) groups is 2. The molecule has 132 valence electrons. The average molecular weight is 341 g/mol. The van der Waals surface area contributed by atoms with Crippen LogP contribution in [0.2, 0.25) is 0 Å². The van der Waals surface area contributed by atoms with Crippen LogP contribution in [0.5, 0.6) is 0 Å². The van der Waals surface area contributed by atoms with Crippen LogP contribution in [-0.2, 0) is 4.74 Å². The fourth-order valence-electron chi connectivity index (χ4n) is 2.34. The van der Waals surface area contributed by atoms with E-state index in [1.165, 1.54) is 7.11 Å². The first kappa shape index (κ1) is 18.4. The molecule has 25 heavy (non-hydrogen) atoms. The maximum Gasteiger partial charge on any atom is 0.337 e. The van der Waals surface area contributed by atoms with E-state index < -0.39 is 5.97 Å². The number of nitrogens with zero attached hydrogens (tertiary/aromatic N) is 2. The lowest BCUT2D eigenvalue weighted by molar-refractivity contribution is 0.0600. The number of anilines is 2. The summed E-state index contributed by atoms with van der Waals surface area (Å²) in [5, 5.41) is 2.76. The summed E-state index contributed by atoms with van der Waals surface area (Å²) in [6.45, 7) is 3.06. The highest BCUT2D eigenvalue weighted by Crippen LogP contribution is 2.16. The first-order valence-electron chi connectivity index (χ1n) is 8.22. The molecule has 2 aromatic rings. The number of rotatable bonds is 7. The largest absolute Gasteiger partial charge is 0.465 e. The third-order valence-electron chi connectivity index (χ3n) is 3.81. The first-order chi connectivity index (χ1) is 12.0. The van der Waals surface area contributed by atoms with Crippen LogP contribution < -0.4 is 10.2 Å². The molecule has 1 heterocycles. The Balaban J connectivity index is 2.12. The molecule has 0 saturated heterocycles. The van der Waals surface area contributed by atoms with Gasteiger partial charge in [0.25, 0.3) is 5.91 Å². The number of benzene rings is 1. The smallest absolute Gasteiger partial charge is 0.337 e. The molecule has 0 aliphatic carbocycles. The van der Waals surface area contributed by atoms with Gasteiger partial charge in [-0.25, -0.2) is 4.79 Å². The van der Waals surface area contributed by atoms with Gasteiger partial charge in [-0.05, 0) is 36.8 Å². The molecular weight excluding hydrogens is 318 g/mol. The van der Waals surface area contributed by atoms with Crippen molar-refractivity contribution in [2.45, 2.75) is 19.8 Å². The number of amides is 1. The Kier molecular flexibility index (Phi) is 6.51. The molecule has 2 rings (SSSR count). The maximum atomic E-state index is 12.4. The monoisotopic (exact) mass is 341 g/mol. The lowest BCUT2D eigenvalue weighted by Crippen LogP contribution is -2.20. The maximum absolute atomic E-state index is 12.4. The standard InChI is InChI=1S/C19H23N3O3/c1-4-5-11-22(2)16-9-10-20-17(13-16)18(23)21-15-8-6-7-14(12-15)19(24)25-3/h6-10,12-13H,4-5,11H2,1-3H3,(H,21,23). The Labute approximate surface area is 147 Å². The van der Waals surface area contributed by atoms with Gasteiger partial charge in [0.1, 0.15) is 5.69 Å². The van der Waals surface area contributed by atoms with E-state index in [1.54, 1.807) is 36.5 Å². The number of unbranched alkanes of at least 4 members (excludes halogenated alkanes) is 1. The van der Waals surface area contributed by atoms with Crippen LogP contribution in [0.1, 0.15) is 40.6 Å². The van der Waals surface area contributed by atoms with Crippen LogP contribution in [-0.4, -0.2) is 37.6 Å². The molecule has 0 radical (unpaired) electrons. The number of aromatic nitrogens is 1. The number of ether oxygens (including phenoxy) is 1. The third kappa shape index (κ3) is 5.04. The second-order valence-corrected chi connectivity index (χ2v) is 5.70. The van der Waals surface area contributed by atoms with E-state index in [1.807, 2.05) is 13.1 Å². The van der Waals surface area contributed by atoms with Gasteiger partial charge >= 0.3 is 5.97 Å². The summed E-state index contributed by atoms with van der Waals surface area (Å²) in [5.41, 5.74) is 2.15. The van der Waals surface area contributed by atoms with Crippen molar-refractivity contribution < 1.29 is 14.3 Å². The van der Waals surface area contributed by atoms with Gasteiger partial charge < -0.3 is 15.0 Å². The quantitative estimate of drug-likeness (QED) is 0.782. The zero-order valence-corrected chi connectivity index (χ0v) is 14.8. The number of hydrogen-bond acceptors (Lipinski definition) is 5. The predicted molar refractivity (Wildman–Crippen MR) is 98.1 cm³/mol. The van der Waals surface area contributed by atoms with Crippen molar-refractivity contribution in [2.24, 2.45) is 0 Å². The van der Waals surface area contributed by atoms with Crippen LogP contribution in [0.4, 0.5) is 11.4 Å². The van der Waals surface area contributed by atoms with E-state index >= 15 is 0 Å². The van der Waals surface area contributed by atoms with Gasteiger partial charge in [-0.2, -0.15) is 0 Å². The van der Waals surface area contributed by atoms with Crippen LogP contribution in [0.15, 0.2) is 42.6 Å². The molecule has 0 fully saturated rings. The van der Waals surface area contributed by atoms with Crippen molar-refractivity contribution in [1.82, 2.24) is 4.98 Å². The fourth-order valence-corrected chi connectivity index (χ4v) is 2.34. The highest BCUT2D eigenvalue weighted by atomic mass is 16.5. The zero-order valence-electron chi connectivity index (χ0n) is 14.8. The molecule has 0 aliphatic rings. The second kappa shape index (κ2) is 8.82. The number of hydrogen-bond donors (Lipinski definition) is 1. The number of methoxy groups -OCH3 is 1. The van der Waals surface area contributed by atoms with Crippen LogP contribution in [0.3, 0.4) is 0 Å². The summed E-state index contributed by atoms with van der Waals surface area (Å²) in [4.78, 5) is 30.3. The lowest BCUT2D eigenvalue weighted by atomic mass is 10.2. The van der Waals surface area contributed by atoms with E-state index in [0.717, 1.165) is 25.1 Å². The molecule has 1 aromatic heterocycles. The lowest BCUT2D eigenvalue weighted by Gasteiger charge is -2.19. The summed E-state index contributed by atoms with van der Waals surface area (Å²) in [6.07, 6.45) is 3.82. The Bertz CT molecular complexity index is 746. The van der Waals surface area contributed by atoms with Gasteiger partial charge in [0, 0.05) is 31.2 Å². The minimum atomic E-state index is -0.450. The first-order valence-corrected chi connectivity index (χ1v) is 8.22. The molecule has 0 aliphatic heterocycles. The molecule has 0 spiro atoms. The summed E-state index contributed by atoms with van der Waals surface area (Å²) in [7, 11) is 3.31. The summed E-state index contributed by atoms with van der Waals surface area (Å²) in [6, 6.07) is 10.2. The topological polar surface area (TPSA) is 71.5 Å². The van der Waals surface area contributed by atoms with E-state index in [2.05, 4.69) is 26.9 Å². The number of pyridine rings is 1. The van der Waals surface area contributed by atoms with E-state index in [0.29, 0.717) is 16.9 Å². The summed E-state index contributed by atoms with van der Waals surface area (Å²) < 4.78 is 4.69. The molecule has 1 aromatic carbocycles. The Morgan fingerprint density at radius 2 is 2.04 bits per heavy atom. The molecule has 0 bridgehead atoms. The normalized spacial score (nSPS) is 10.2. The molecule has 6 nitrogen and oxygen atoms in total. The molecule has 0 saturated carbocycles. The highest BCUT2D eigenvalue weighted by molar-refractivity contribution is 6.04. The predicted octanol–water partition coefficient (Wildman–Crippen LogP) is 3.36. The van der Waals surface area contributed by atoms with Gasteiger partial charge in [-0.3, -0.25) is 9.78 Å². The van der Waals surface area contributed by atoms with Gasteiger partial charge in [0.2, 0.25) is 0 Å². The average Bonchev–Trinajstić information content (AvgIpc) is 2.65. The van der Waals surface area contributed by atoms with Crippen LogP contribution in [0.25, 0.3) is 0 Å². The molecule has 6 heteroatoms. The number of carbonyl (C=O) groups excluding carboxylic acids is 2. The minimum Gasteiger partial charge on any atom is -0.465 e. The summed E-state index contributed by atoms with van der Waals surface area (Å²) >= 11 is 0. The second-order valence-electron chi connectivity index (χ2n) is 5.70. The van der Waals surface area contributed by atoms with Crippen molar-refractivity contribution in [3.8, 4) is 0 Å². The van der Waals surface area contributed by atoms with Gasteiger partial charge in [0.05, 0.1) is 12.7 Å². The van der Waals surface area contributed by atoms with Crippen LogP contribution >= 0.6 is 0 Å². The van der Waals surface area contributed by atoms with Gasteiger partial charge in [0.15, 0.2) is 0 Å². The molecule has 1 amide bonds. The molecule has 0 unspecified atom stereocenters. The number of esters is 1. The van der Waals surface area contributed by atoms with E-state index in [9.17, 15) is 9.59 Å². The minimum absolute atomic E-state index is 0.323. The van der Waals surface area contributed by atoms with Crippen molar-refractivity contribution in [1.29, 1.82) is 0 Å². The zero-order chi connectivity index (χ0) is 18.2. The Morgan fingerprint density at radius 3 is 2.76 bits per heavy atom. The Hall–Kier alpha value is -2.89. The molecule has 0 atom stereocenters. The van der Waals surface area contributed by atoms with E-state index in [4.69, 9.17) is 0 Å². The van der Waals surface area contributed by atoms with Crippen molar-refractivity contribution in [3.63, 3.8) is 0 Å². The van der Waals surface area contributed by atoms with E-state index in [-0.39, 0.29) is 5.91 Å². The van der Waals surface area contributed by atoms with Crippen molar-refractivity contribution in [3.05, 3.63) is 53.9 Å². The van der Waals surface area contributed by atoms with Gasteiger partial charge in [-0.1, -0.05) is 19.4 Å². The SMILES string of the molecule is CCCCN(C)c1ccnc(C(=O)Nc2cccc(C(=O)OC)c2)c1. The van der Waals surface area contributed by atoms with Gasteiger partial charge in [-0.15, -0.1) is 0 Å². The van der Waals surface area contributed by atoms with Crippen LogP contribution in [0, 0.1) is 0 Å². The fraction of sp³-hybridized carbons (Fsp3) is 0.316. The van der Waals surface area contributed by atoms with Crippen molar-refractivity contribution >= 4 is 23.3 Å². The summed E-state index contributed by atoms with van der Waals surface area (Å²) in [5.74, 6) is -0.776. The number of nitrogens with one attached hydrogen (secondary N) is 1. The Morgan fingerprint density at radius 1 is 1.24 bits per heavy atom.